The van der Waals surface area contributed by atoms with Crippen LogP contribution in [-0.4, -0.2) is 23.7 Å². The SMILES string of the molecule is O=C(CCCCc1nc2ccccc2s1)NCc1ccc(OCC(F)(F)F)cc1. The van der Waals surface area contributed by atoms with Gasteiger partial charge in [-0.3, -0.25) is 4.79 Å². The highest BCUT2D eigenvalue weighted by atomic mass is 32.1. The summed E-state index contributed by atoms with van der Waals surface area (Å²) in [6.07, 6.45) is -1.42. The molecule has 3 rings (SSSR count). The van der Waals surface area contributed by atoms with Crippen molar-refractivity contribution in [3.8, 4) is 5.75 Å². The molecule has 0 spiro atoms. The van der Waals surface area contributed by atoms with Crippen LogP contribution in [0, 0.1) is 0 Å². The van der Waals surface area contributed by atoms with E-state index in [0.717, 1.165) is 35.4 Å². The fourth-order valence-corrected chi connectivity index (χ4v) is 3.76. The molecule has 1 aromatic heterocycles. The summed E-state index contributed by atoms with van der Waals surface area (Å²) in [7, 11) is 0. The van der Waals surface area contributed by atoms with Gasteiger partial charge in [0.25, 0.3) is 0 Å². The number of hydrogen-bond donors (Lipinski definition) is 1. The molecule has 4 nitrogen and oxygen atoms in total. The summed E-state index contributed by atoms with van der Waals surface area (Å²) in [6.45, 7) is -0.990. The summed E-state index contributed by atoms with van der Waals surface area (Å²) < 4.78 is 42.2. The molecular formula is C21H21F3N2O2S. The van der Waals surface area contributed by atoms with E-state index >= 15 is 0 Å². The highest BCUT2D eigenvalue weighted by Crippen LogP contribution is 2.23. The van der Waals surface area contributed by atoms with E-state index in [1.165, 1.54) is 16.8 Å². The number of carbonyl (C=O) groups excluding carboxylic acids is 1. The molecule has 3 aromatic rings. The van der Waals surface area contributed by atoms with Gasteiger partial charge in [0.2, 0.25) is 5.91 Å². The number of alkyl halides is 3. The number of unbranched alkanes of at least 4 members (excludes halogenated alkanes) is 1. The number of amides is 1. The minimum atomic E-state index is -4.36. The molecule has 0 aliphatic heterocycles. The molecule has 0 saturated carbocycles. The topological polar surface area (TPSA) is 51.2 Å². The lowest BCUT2D eigenvalue weighted by Crippen LogP contribution is -2.22. The van der Waals surface area contributed by atoms with Crippen molar-refractivity contribution in [2.75, 3.05) is 6.61 Å². The van der Waals surface area contributed by atoms with Gasteiger partial charge >= 0.3 is 6.18 Å². The van der Waals surface area contributed by atoms with Crippen LogP contribution in [0.2, 0.25) is 0 Å². The summed E-state index contributed by atoms with van der Waals surface area (Å²) >= 11 is 1.69. The lowest BCUT2D eigenvalue weighted by Gasteiger charge is -2.10. The van der Waals surface area contributed by atoms with Crippen LogP contribution in [0.1, 0.15) is 29.8 Å². The Labute approximate surface area is 170 Å². The van der Waals surface area contributed by atoms with Crippen LogP contribution in [0.4, 0.5) is 13.2 Å². The fraction of sp³-hybridized carbons (Fsp3) is 0.333. The Morgan fingerprint density at radius 1 is 1.07 bits per heavy atom. The number of nitrogens with zero attached hydrogens (tertiary/aromatic N) is 1. The standard InChI is InChI=1S/C21H21F3N2O2S/c22-21(23,24)14-28-16-11-9-15(10-12-16)13-25-19(27)7-3-4-8-20-26-17-5-1-2-6-18(17)29-20/h1-2,5-6,9-12H,3-4,7-8,13-14H2,(H,25,27). The van der Waals surface area contributed by atoms with Crippen LogP contribution in [0.25, 0.3) is 10.2 Å². The number of aromatic nitrogens is 1. The van der Waals surface area contributed by atoms with Gasteiger partial charge in [0.05, 0.1) is 15.2 Å². The predicted octanol–water partition coefficient (Wildman–Crippen LogP) is 5.27. The molecule has 0 fully saturated rings. The number of rotatable bonds is 9. The van der Waals surface area contributed by atoms with Gasteiger partial charge < -0.3 is 10.1 Å². The van der Waals surface area contributed by atoms with Crippen LogP contribution >= 0.6 is 11.3 Å². The van der Waals surface area contributed by atoms with Crippen LogP contribution in [0.3, 0.4) is 0 Å². The quantitative estimate of drug-likeness (QED) is 0.478. The van der Waals surface area contributed by atoms with E-state index in [-0.39, 0.29) is 11.7 Å². The van der Waals surface area contributed by atoms with E-state index in [1.807, 2.05) is 18.2 Å². The van der Waals surface area contributed by atoms with Crippen molar-refractivity contribution in [3.63, 3.8) is 0 Å². The van der Waals surface area contributed by atoms with Crippen molar-refractivity contribution in [1.82, 2.24) is 10.3 Å². The lowest BCUT2D eigenvalue weighted by molar-refractivity contribution is -0.153. The second-order valence-electron chi connectivity index (χ2n) is 6.61. The number of benzene rings is 2. The van der Waals surface area contributed by atoms with Gasteiger partial charge in [0.15, 0.2) is 6.61 Å². The van der Waals surface area contributed by atoms with Gasteiger partial charge in [-0.2, -0.15) is 13.2 Å². The van der Waals surface area contributed by atoms with Gasteiger partial charge in [-0.15, -0.1) is 11.3 Å². The maximum atomic E-state index is 12.1. The normalized spacial score (nSPS) is 11.6. The monoisotopic (exact) mass is 422 g/mol. The Morgan fingerprint density at radius 2 is 1.83 bits per heavy atom. The van der Waals surface area contributed by atoms with E-state index < -0.39 is 12.8 Å². The summed E-state index contributed by atoms with van der Waals surface area (Å²) in [5, 5.41) is 3.90. The molecule has 154 valence electrons. The van der Waals surface area contributed by atoms with E-state index in [0.29, 0.717) is 13.0 Å². The van der Waals surface area contributed by atoms with Gasteiger partial charge in [-0.1, -0.05) is 24.3 Å². The van der Waals surface area contributed by atoms with Crippen molar-refractivity contribution in [2.45, 2.75) is 38.4 Å². The fourth-order valence-electron chi connectivity index (χ4n) is 2.75. The summed E-state index contributed by atoms with van der Waals surface area (Å²) in [5.41, 5.74) is 1.81. The first-order valence-electron chi connectivity index (χ1n) is 9.29. The van der Waals surface area contributed by atoms with E-state index in [2.05, 4.69) is 21.1 Å². The molecule has 1 N–H and O–H groups in total. The smallest absolute Gasteiger partial charge is 0.422 e. The zero-order valence-electron chi connectivity index (χ0n) is 15.7. The zero-order chi connectivity index (χ0) is 20.7. The molecular weight excluding hydrogens is 401 g/mol. The third-order valence-electron chi connectivity index (χ3n) is 4.20. The van der Waals surface area contributed by atoms with Crippen molar-refractivity contribution in [2.24, 2.45) is 0 Å². The molecule has 0 bridgehead atoms. The highest BCUT2D eigenvalue weighted by Gasteiger charge is 2.28. The number of thiazole rings is 1. The third-order valence-corrected chi connectivity index (χ3v) is 5.29. The van der Waals surface area contributed by atoms with Gasteiger partial charge in [-0.05, 0) is 49.1 Å². The van der Waals surface area contributed by atoms with Gasteiger partial charge in [-0.25, -0.2) is 4.98 Å². The Hall–Kier alpha value is -2.61. The molecule has 1 heterocycles. The Morgan fingerprint density at radius 3 is 2.55 bits per heavy atom. The number of halogens is 3. The number of nitrogens with one attached hydrogen (secondary N) is 1. The molecule has 0 atom stereocenters. The van der Waals surface area contributed by atoms with Gasteiger partial charge in [0.1, 0.15) is 5.75 Å². The molecule has 8 heteroatoms. The van der Waals surface area contributed by atoms with Crippen molar-refractivity contribution < 1.29 is 22.7 Å². The van der Waals surface area contributed by atoms with Crippen LogP contribution in [0.5, 0.6) is 5.75 Å². The van der Waals surface area contributed by atoms with Crippen LogP contribution in [-0.2, 0) is 17.8 Å². The van der Waals surface area contributed by atoms with E-state index in [4.69, 9.17) is 0 Å². The highest BCUT2D eigenvalue weighted by molar-refractivity contribution is 7.18. The second kappa shape index (κ2) is 9.73. The first-order valence-corrected chi connectivity index (χ1v) is 10.1. The minimum absolute atomic E-state index is 0.0494. The minimum Gasteiger partial charge on any atom is -0.484 e. The number of hydrogen-bond acceptors (Lipinski definition) is 4. The predicted molar refractivity (Wildman–Crippen MR) is 107 cm³/mol. The first kappa shape index (κ1) is 21.1. The molecule has 0 saturated heterocycles. The number of fused-ring (bicyclic) bond motifs is 1. The van der Waals surface area contributed by atoms with Gasteiger partial charge in [0, 0.05) is 13.0 Å². The molecule has 0 radical (unpaired) electrons. The van der Waals surface area contributed by atoms with E-state index in [9.17, 15) is 18.0 Å². The molecule has 29 heavy (non-hydrogen) atoms. The molecule has 2 aromatic carbocycles. The van der Waals surface area contributed by atoms with Crippen molar-refractivity contribution in [1.29, 1.82) is 0 Å². The molecule has 0 unspecified atom stereocenters. The Bertz CT molecular complexity index is 906. The molecule has 1 amide bonds. The summed E-state index contributed by atoms with van der Waals surface area (Å²) in [5.74, 6) is 0.0962. The van der Waals surface area contributed by atoms with Crippen LogP contribution in [0.15, 0.2) is 48.5 Å². The van der Waals surface area contributed by atoms with Crippen molar-refractivity contribution >= 4 is 27.5 Å². The number of carbonyl (C=O) groups is 1. The Kier molecular flexibility index (Phi) is 7.09. The van der Waals surface area contributed by atoms with E-state index in [1.54, 1.807) is 23.5 Å². The van der Waals surface area contributed by atoms with Crippen LogP contribution < -0.4 is 10.1 Å². The molecule has 0 aliphatic carbocycles. The average molecular weight is 422 g/mol. The maximum Gasteiger partial charge on any atom is 0.422 e. The third kappa shape index (κ3) is 7.05. The summed E-state index contributed by atoms with van der Waals surface area (Å²) in [4.78, 5) is 16.6. The number of para-hydroxylation sites is 1. The average Bonchev–Trinajstić information content (AvgIpc) is 3.11. The Balaban J connectivity index is 1.33. The number of ether oxygens (including phenoxy) is 1. The number of aryl methyl sites for hydroxylation is 1. The lowest BCUT2D eigenvalue weighted by atomic mass is 10.2. The maximum absolute atomic E-state index is 12.1. The first-order chi connectivity index (χ1) is 13.9. The second-order valence-corrected chi connectivity index (χ2v) is 7.72. The molecule has 0 aliphatic rings. The van der Waals surface area contributed by atoms with Crippen molar-refractivity contribution in [3.05, 3.63) is 59.1 Å². The largest absolute Gasteiger partial charge is 0.484 e. The zero-order valence-corrected chi connectivity index (χ0v) is 16.5. The summed E-state index contributed by atoms with van der Waals surface area (Å²) in [6, 6.07) is 14.2.